The highest BCUT2D eigenvalue weighted by Crippen LogP contribution is 2.11. The minimum Gasteiger partial charge on any atom is -0.481 e. The molecule has 1 aliphatic heterocycles. The predicted molar refractivity (Wildman–Crippen MR) is 55.5 cm³/mol. The second-order valence-electron chi connectivity index (χ2n) is 4.58. The summed E-state index contributed by atoms with van der Waals surface area (Å²) in [4.78, 5) is 21.7. The van der Waals surface area contributed by atoms with E-state index in [1.807, 2.05) is 32.7 Å². The fourth-order valence-electron chi connectivity index (χ4n) is 0.999. The first kappa shape index (κ1) is 13.9. The van der Waals surface area contributed by atoms with Crippen molar-refractivity contribution in [3.8, 4) is 0 Å². The van der Waals surface area contributed by atoms with Gasteiger partial charge in [-0.2, -0.15) is 0 Å². The number of ether oxygens (including phenoxy) is 1. The van der Waals surface area contributed by atoms with E-state index in [-0.39, 0.29) is 11.5 Å². The quantitative estimate of drug-likeness (QED) is 0.686. The Morgan fingerprint density at radius 3 is 2.00 bits per heavy atom. The van der Waals surface area contributed by atoms with Crippen LogP contribution in [-0.4, -0.2) is 48.2 Å². The van der Waals surface area contributed by atoms with Gasteiger partial charge in [-0.25, -0.2) is 0 Å². The van der Waals surface area contributed by atoms with Gasteiger partial charge in [0.15, 0.2) is 0 Å². The smallest absolute Gasteiger partial charge is 0.309 e. The molecule has 0 aromatic rings. The zero-order chi connectivity index (χ0) is 12.1. The van der Waals surface area contributed by atoms with Gasteiger partial charge in [0.1, 0.15) is 5.60 Å². The summed E-state index contributed by atoms with van der Waals surface area (Å²) in [6.45, 7) is 7.36. The lowest BCUT2D eigenvalue weighted by Gasteiger charge is -2.32. The largest absolute Gasteiger partial charge is 0.481 e. The van der Waals surface area contributed by atoms with Crippen molar-refractivity contribution in [1.29, 1.82) is 0 Å². The first-order valence-corrected chi connectivity index (χ1v) is 4.79. The van der Waals surface area contributed by atoms with Crippen molar-refractivity contribution >= 4 is 12.4 Å². The van der Waals surface area contributed by atoms with Crippen LogP contribution < -0.4 is 0 Å². The van der Waals surface area contributed by atoms with Crippen molar-refractivity contribution in [2.75, 3.05) is 20.1 Å². The third-order valence-electron chi connectivity index (χ3n) is 1.82. The van der Waals surface area contributed by atoms with Crippen LogP contribution in [0.25, 0.3) is 0 Å². The van der Waals surface area contributed by atoms with Crippen molar-refractivity contribution in [2.24, 2.45) is 5.92 Å². The summed E-state index contributed by atoms with van der Waals surface area (Å²) >= 11 is 0. The molecule has 1 N–H and O–H groups in total. The topological polar surface area (TPSA) is 66.8 Å². The Balaban J connectivity index is 0.000000265. The van der Waals surface area contributed by atoms with E-state index in [9.17, 15) is 9.59 Å². The Morgan fingerprint density at radius 1 is 1.47 bits per heavy atom. The summed E-state index contributed by atoms with van der Waals surface area (Å²) in [7, 11) is 1.92. The molecule has 0 atom stereocenters. The van der Waals surface area contributed by atoms with Gasteiger partial charge in [-0.1, -0.05) is 0 Å². The van der Waals surface area contributed by atoms with E-state index in [0.29, 0.717) is 6.47 Å². The average Bonchev–Trinajstić information content (AvgIpc) is 1.97. The van der Waals surface area contributed by atoms with Gasteiger partial charge in [0.05, 0.1) is 5.92 Å². The number of carboxylic acid groups (broad SMARTS) is 1. The Bertz CT molecular complexity index is 216. The fourth-order valence-corrected chi connectivity index (χ4v) is 0.999. The van der Waals surface area contributed by atoms with Crippen LogP contribution in [0.2, 0.25) is 0 Å². The van der Waals surface area contributed by atoms with E-state index in [1.165, 1.54) is 0 Å². The zero-order valence-corrected chi connectivity index (χ0v) is 9.69. The van der Waals surface area contributed by atoms with Crippen molar-refractivity contribution < 1.29 is 19.4 Å². The van der Waals surface area contributed by atoms with E-state index in [2.05, 4.69) is 4.74 Å². The molecule has 5 heteroatoms. The van der Waals surface area contributed by atoms with E-state index < -0.39 is 5.97 Å². The highest BCUT2D eigenvalue weighted by atomic mass is 16.5. The van der Waals surface area contributed by atoms with Crippen molar-refractivity contribution in [3.63, 3.8) is 0 Å². The molecule has 0 aromatic heterocycles. The molecule has 1 aliphatic rings. The van der Waals surface area contributed by atoms with E-state index in [0.717, 1.165) is 13.1 Å². The number of carboxylic acids is 1. The van der Waals surface area contributed by atoms with Crippen LogP contribution >= 0.6 is 0 Å². The lowest BCUT2D eigenvalue weighted by atomic mass is 10.0. The molecule has 0 radical (unpaired) electrons. The van der Waals surface area contributed by atoms with Crippen LogP contribution in [0.5, 0.6) is 0 Å². The molecule has 5 nitrogen and oxygen atoms in total. The molecule has 1 fully saturated rings. The molecule has 0 aromatic carbocycles. The lowest BCUT2D eigenvalue weighted by Crippen LogP contribution is -2.47. The molecule has 88 valence electrons. The Labute approximate surface area is 90.0 Å². The molecule has 0 aliphatic carbocycles. The number of hydrogen-bond donors (Lipinski definition) is 1. The number of carbonyl (C=O) groups is 2. The Hall–Kier alpha value is -1.10. The van der Waals surface area contributed by atoms with Crippen molar-refractivity contribution in [2.45, 2.75) is 26.4 Å². The van der Waals surface area contributed by atoms with E-state index >= 15 is 0 Å². The minimum atomic E-state index is -0.664. The highest BCUT2D eigenvalue weighted by Gasteiger charge is 2.29. The van der Waals surface area contributed by atoms with Crippen LogP contribution in [0.15, 0.2) is 0 Å². The predicted octanol–water partition coefficient (Wildman–Crippen LogP) is 0.591. The third kappa shape index (κ3) is 6.90. The summed E-state index contributed by atoms with van der Waals surface area (Å²) in [5, 5.41) is 8.32. The maximum atomic E-state index is 10.1. The molecule has 1 saturated heterocycles. The van der Waals surface area contributed by atoms with Gasteiger partial charge >= 0.3 is 5.97 Å². The summed E-state index contributed by atoms with van der Waals surface area (Å²) in [5.74, 6) is -0.761. The zero-order valence-electron chi connectivity index (χ0n) is 9.69. The number of nitrogens with zero attached hydrogens (tertiary/aromatic N) is 1. The summed E-state index contributed by atoms with van der Waals surface area (Å²) < 4.78 is 4.55. The van der Waals surface area contributed by atoms with Gasteiger partial charge in [0.25, 0.3) is 6.47 Å². The van der Waals surface area contributed by atoms with Gasteiger partial charge in [-0.15, -0.1) is 0 Å². The molecule has 0 bridgehead atoms. The number of carbonyl (C=O) groups excluding carboxylic acids is 1. The number of hydrogen-bond acceptors (Lipinski definition) is 4. The number of likely N-dealkylation sites (tertiary alicyclic amines) is 1. The van der Waals surface area contributed by atoms with Crippen LogP contribution in [0.1, 0.15) is 20.8 Å². The van der Waals surface area contributed by atoms with Gasteiger partial charge in [0.2, 0.25) is 0 Å². The van der Waals surface area contributed by atoms with Gasteiger partial charge < -0.3 is 14.7 Å². The number of aliphatic carboxylic acids is 1. The van der Waals surface area contributed by atoms with Crippen LogP contribution in [0.3, 0.4) is 0 Å². The number of rotatable bonds is 2. The highest BCUT2D eigenvalue weighted by molar-refractivity contribution is 5.71. The minimum absolute atomic E-state index is 0.0972. The van der Waals surface area contributed by atoms with Crippen molar-refractivity contribution in [3.05, 3.63) is 0 Å². The third-order valence-corrected chi connectivity index (χ3v) is 1.82. The lowest BCUT2D eigenvalue weighted by molar-refractivity contribution is -0.146. The molecule has 0 unspecified atom stereocenters. The maximum absolute atomic E-state index is 10.1. The fraction of sp³-hybridized carbons (Fsp3) is 0.800. The SMILES string of the molecule is CC(C)(C)OC=O.CN1CC(C(=O)O)C1. The molecule has 15 heavy (non-hydrogen) atoms. The van der Waals surface area contributed by atoms with E-state index in [4.69, 9.17) is 5.11 Å². The first-order chi connectivity index (χ1) is 6.76. The molecule has 0 amide bonds. The normalized spacial score (nSPS) is 17.1. The van der Waals surface area contributed by atoms with Gasteiger partial charge in [-0.05, 0) is 27.8 Å². The first-order valence-electron chi connectivity index (χ1n) is 4.79. The molecular weight excluding hydrogens is 198 g/mol. The summed E-state index contributed by atoms with van der Waals surface area (Å²) in [6.07, 6.45) is 0. The molecule has 1 rings (SSSR count). The van der Waals surface area contributed by atoms with Crippen molar-refractivity contribution in [1.82, 2.24) is 4.90 Å². The molecule has 0 spiro atoms. The second kappa shape index (κ2) is 5.70. The maximum Gasteiger partial charge on any atom is 0.309 e. The van der Waals surface area contributed by atoms with Crippen LogP contribution in [0, 0.1) is 5.92 Å². The molecular formula is C10H19NO4. The summed E-state index contributed by atoms with van der Waals surface area (Å²) in [6, 6.07) is 0. The van der Waals surface area contributed by atoms with Gasteiger partial charge in [0, 0.05) is 13.1 Å². The monoisotopic (exact) mass is 217 g/mol. The molecule has 0 saturated carbocycles. The Morgan fingerprint density at radius 2 is 1.93 bits per heavy atom. The van der Waals surface area contributed by atoms with Crippen LogP contribution in [0.4, 0.5) is 0 Å². The van der Waals surface area contributed by atoms with E-state index in [1.54, 1.807) is 0 Å². The standard InChI is InChI=1S/C5H9NO2.C5H10O2/c1-6-2-4(3-6)5(7)8;1-5(2,3)7-4-6/h4H,2-3H2,1H3,(H,7,8);4H,1-3H3. The Kier molecular flexibility index (Phi) is 5.28. The van der Waals surface area contributed by atoms with Crippen LogP contribution in [-0.2, 0) is 14.3 Å². The van der Waals surface area contributed by atoms with Gasteiger partial charge in [-0.3, -0.25) is 9.59 Å². The second-order valence-corrected chi connectivity index (χ2v) is 4.58. The summed E-state index contributed by atoms with van der Waals surface area (Å²) in [5.41, 5.74) is -0.318. The average molecular weight is 217 g/mol. The molecule has 1 heterocycles.